The predicted octanol–water partition coefficient (Wildman–Crippen LogP) is 4.68. The van der Waals surface area contributed by atoms with E-state index in [4.69, 9.17) is 17.0 Å². The Hall–Kier alpha value is -2.48. The van der Waals surface area contributed by atoms with Crippen LogP contribution in [0.2, 0.25) is 0 Å². The quantitative estimate of drug-likeness (QED) is 0.573. The van der Waals surface area contributed by atoms with E-state index in [9.17, 15) is 18.0 Å². The Morgan fingerprint density at radius 3 is 2.66 bits per heavy atom. The van der Waals surface area contributed by atoms with Crippen LogP contribution in [0.3, 0.4) is 0 Å². The third-order valence-electron chi connectivity index (χ3n) is 5.35. The molecule has 1 saturated carbocycles. The lowest BCUT2D eigenvalue weighted by Crippen LogP contribution is -2.54. The molecule has 154 valence electrons. The number of likely N-dealkylation sites (N-methyl/N-ethyl adjacent to an activating group) is 1. The molecule has 29 heavy (non-hydrogen) atoms. The average molecular weight is 422 g/mol. The second-order valence-electron chi connectivity index (χ2n) is 6.98. The third-order valence-corrected chi connectivity index (χ3v) is 5.92. The number of alkyl halides is 3. The number of nitrogens with zero attached hydrogens (tertiary/aromatic N) is 1. The van der Waals surface area contributed by atoms with Crippen molar-refractivity contribution in [2.24, 2.45) is 0 Å². The third kappa shape index (κ3) is 4.12. The molecule has 1 heterocycles. The average Bonchev–Trinajstić information content (AvgIpc) is 2.73. The summed E-state index contributed by atoms with van der Waals surface area (Å²) < 4.78 is 45.7. The maximum absolute atomic E-state index is 13.3. The van der Waals surface area contributed by atoms with Gasteiger partial charge in [-0.25, -0.2) is 4.79 Å². The first-order valence-corrected chi connectivity index (χ1v) is 9.71. The number of thiocarbonyl (C=S) groups is 1. The number of carbonyl (C=O) groups excluding carboxylic acids is 1. The molecular weight excluding hydrogens is 401 g/mol. The minimum absolute atomic E-state index is 0.479. The zero-order chi connectivity index (χ0) is 21.1. The normalized spacial score (nSPS) is 22.0. The molecule has 4 nitrogen and oxygen atoms in total. The summed E-state index contributed by atoms with van der Waals surface area (Å²) in [4.78, 5) is 17.5. The van der Waals surface area contributed by atoms with Gasteiger partial charge in [0, 0.05) is 19.4 Å². The van der Waals surface area contributed by atoms with Crippen molar-refractivity contribution in [1.82, 2.24) is 10.3 Å². The topological polar surface area (TPSA) is 51.2 Å². The molecule has 1 aliphatic carbocycles. The molecule has 1 aromatic carbocycles. The number of carbonyl (C=O) groups is 1. The van der Waals surface area contributed by atoms with Gasteiger partial charge in [0.15, 0.2) is 0 Å². The largest absolute Gasteiger partial charge is 0.457 e. The summed E-state index contributed by atoms with van der Waals surface area (Å²) >= 11 is 5.59. The number of nitrogens with one attached hydrogen (secondary N) is 1. The number of esters is 1. The number of hydrogen-bond donors (Lipinski definition) is 1. The summed E-state index contributed by atoms with van der Waals surface area (Å²) in [5.41, 5.74) is -1.56. The fourth-order valence-electron chi connectivity index (χ4n) is 3.97. The van der Waals surface area contributed by atoms with Crippen molar-refractivity contribution in [3.63, 3.8) is 0 Å². The monoisotopic (exact) mass is 422 g/mol. The van der Waals surface area contributed by atoms with E-state index in [2.05, 4.69) is 10.3 Å². The van der Waals surface area contributed by atoms with Crippen LogP contribution in [-0.4, -0.2) is 29.1 Å². The second kappa shape index (κ2) is 8.49. The van der Waals surface area contributed by atoms with E-state index in [1.807, 2.05) is 6.07 Å². The summed E-state index contributed by atoms with van der Waals surface area (Å²) in [6.07, 6.45) is 0.685. The molecule has 0 aliphatic heterocycles. The number of benzene rings is 1. The SMILES string of the molecule is CNC(=S)[C@]1(c2cccnc2)CCCC[C@H]1OC(=O)c1ccccc1C(F)(F)F. The van der Waals surface area contributed by atoms with Gasteiger partial charge in [0.25, 0.3) is 0 Å². The Bertz CT molecular complexity index is 889. The predicted molar refractivity (Wildman–Crippen MR) is 107 cm³/mol. The van der Waals surface area contributed by atoms with Gasteiger partial charge in [-0.3, -0.25) is 4.98 Å². The van der Waals surface area contributed by atoms with Gasteiger partial charge in [0.05, 0.1) is 21.5 Å². The minimum atomic E-state index is -4.65. The summed E-state index contributed by atoms with van der Waals surface area (Å²) in [7, 11) is 1.69. The number of pyridine rings is 1. The van der Waals surface area contributed by atoms with Gasteiger partial charge in [-0.05, 0) is 43.0 Å². The molecule has 1 aromatic heterocycles. The fourth-order valence-corrected chi connectivity index (χ4v) is 4.32. The van der Waals surface area contributed by atoms with E-state index in [1.165, 1.54) is 12.1 Å². The van der Waals surface area contributed by atoms with Crippen molar-refractivity contribution in [2.75, 3.05) is 7.05 Å². The molecule has 1 aliphatic rings. The lowest BCUT2D eigenvalue weighted by molar-refractivity contribution is -0.138. The van der Waals surface area contributed by atoms with Crippen LogP contribution in [-0.2, 0) is 16.3 Å². The van der Waals surface area contributed by atoms with Crippen LogP contribution >= 0.6 is 12.2 Å². The molecule has 2 atom stereocenters. The molecule has 3 rings (SSSR count). The molecule has 0 spiro atoms. The number of hydrogen-bond acceptors (Lipinski definition) is 4. The molecule has 0 unspecified atom stereocenters. The highest BCUT2D eigenvalue weighted by atomic mass is 32.1. The first kappa shape index (κ1) is 21.2. The number of aromatic nitrogens is 1. The maximum atomic E-state index is 13.3. The van der Waals surface area contributed by atoms with Crippen molar-refractivity contribution in [3.05, 3.63) is 65.5 Å². The van der Waals surface area contributed by atoms with Gasteiger partial charge in [-0.1, -0.05) is 36.8 Å². The van der Waals surface area contributed by atoms with Crippen LogP contribution in [0.25, 0.3) is 0 Å². The van der Waals surface area contributed by atoms with Crippen molar-refractivity contribution >= 4 is 23.2 Å². The second-order valence-corrected chi connectivity index (χ2v) is 7.38. The van der Waals surface area contributed by atoms with Gasteiger partial charge < -0.3 is 10.1 Å². The van der Waals surface area contributed by atoms with Crippen molar-refractivity contribution in [2.45, 2.75) is 43.4 Å². The molecule has 0 amide bonds. The van der Waals surface area contributed by atoms with Crippen LogP contribution in [0, 0.1) is 0 Å². The van der Waals surface area contributed by atoms with Crippen LogP contribution < -0.4 is 5.32 Å². The zero-order valence-electron chi connectivity index (χ0n) is 15.8. The highest BCUT2D eigenvalue weighted by Crippen LogP contribution is 2.43. The first-order chi connectivity index (χ1) is 13.8. The van der Waals surface area contributed by atoms with Gasteiger partial charge in [0.1, 0.15) is 6.10 Å². The Morgan fingerprint density at radius 2 is 2.00 bits per heavy atom. The van der Waals surface area contributed by atoms with E-state index >= 15 is 0 Å². The van der Waals surface area contributed by atoms with E-state index in [0.29, 0.717) is 17.8 Å². The molecule has 0 radical (unpaired) electrons. The van der Waals surface area contributed by atoms with Gasteiger partial charge in [0.2, 0.25) is 0 Å². The van der Waals surface area contributed by atoms with E-state index in [-0.39, 0.29) is 0 Å². The Balaban J connectivity index is 2.00. The zero-order valence-corrected chi connectivity index (χ0v) is 16.6. The van der Waals surface area contributed by atoms with E-state index in [0.717, 1.165) is 30.5 Å². The van der Waals surface area contributed by atoms with Crippen molar-refractivity contribution in [1.29, 1.82) is 0 Å². The summed E-state index contributed by atoms with van der Waals surface area (Å²) in [6, 6.07) is 8.27. The van der Waals surface area contributed by atoms with E-state index in [1.54, 1.807) is 25.5 Å². The van der Waals surface area contributed by atoms with Crippen LogP contribution in [0.15, 0.2) is 48.8 Å². The molecule has 0 saturated heterocycles. The molecule has 0 bridgehead atoms. The minimum Gasteiger partial charge on any atom is -0.457 e. The van der Waals surface area contributed by atoms with Crippen molar-refractivity contribution in [3.8, 4) is 0 Å². The first-order valence-electron chi connectivity index (χ1n) is 9.30. The molecule has 2 aromatic rings. The summed E-state index contributed by atoms with van der Waals surface area (Å²) in [5, 5.41) is 2.99. The number of halogens is 3. The molecular formula is C21H21F3N2O2S. The Kier molecular flexibility index (Phi) is 6.21. The highest BCUT2D eigenvalue weighted by molar-refractivity contribution is 7.80. The fraction of sp³-hybridized carbons (Fsp3) is 0.381. The summed E-state index contributed by atoms with van der Waals surface area (Å²) in [5.74, 6) is -1.00. The van der Waals surface area contributed by atoms with Gasteiger partial charge in [-0.2, -0.15) is 13.2 Å². The van der Waals surface area contributed by atoms with Crippen LogP contribution in [0.5, 0.6) is 0 Å². The lowest BCUT2D eigenvalue weighted by atomic mass is 9.67. The molecule has 1 fully saturated rings. The smallest absolute Gasteiger partial charge is 0.417 e. The Morgan fingerprint density at radius 1 is 1.24 bits per heavy atom. The standard InChI is InChI=1S/C21H21F3N2O2S/c1-25-19(29)20(14-7-6-12-26-13-14)11-5-4-10-17(20)28-18(27)15-8-2-3-9-16(15)21(22,23)24/h2-3,6-9,12-13,17H,4-5,10-11H2,1H3,(H,25,29)/t17-,20+/m1/s1. The van der Waals surface area contributed by atoms with Crippen molar-refractivity contribution < 1.29 is 22.7 Å². The maximum Gasteiger partial charge on any atom is 0.417 e. The number of rotatable bonds is 4. The Labute approximate surface area is 172 Å². The van der Waals surface area contributed by atoms with Crippen LogP contribution in [0.4, 0.5) is 13.2 Å². The molecule has 1 N–H and O–H groups in total. The van der Waals surface area contributed by atoms with Crippen LogP contribution in [0.1, 0.15) is 47.2 Å². The van der Waals surface area contributed by atoms with Gasteiger partial charge in [-0.15, -0.1) is 0 Å². The van der Waals surface area contributed by atoms with Gasteiger partial charge >= 0.3 is 12.1 Å². The summed E-state index contributed by atoms with van der Waals surface area (Å²) in [6.45, 7) is 0. The lowest BCUT2D eigenvalue weighted by Gasteiger charge is -2.43. The molecule has 8 heteroatoms. The number of ether oxygens (including phenoxy) is 1. The van der Waals surface area contributed by atoms with E-state index < -0.39 is 34.8 Å². The highest BCUT2D eigenvalue weighted by Gasteiger charge is 2.48.